The van der Waals surface area contributed by atoms with Crippen molar-refractivity contribution in [2.75, 3.05) is 6.61 Å². The number of epoxide rings is 1. The highest BCUT2D eigenvalue weighted by Gasteiger charge is 2.44. The highest BCUT2D eigenvalue weighted by atomic mass is 16.6. The van der Waals surface area contributed by atoms with E-state index in [1.165, 1.54) is 6.08 Å². The molecule has 2 saturated carbocycles. The summed E-state index contributed by atoms with van der Waals surface area (Å²) in [6, 6.07) is 0. The Kier molecular flexibility index (Phi) is 5.17. The molecule has 6 atom stereocenters. The van der Waals surface area contributed by atoms with Gasteiger partial charge in [-0.2, -0.15) is 0 Å². The number of carbonyl (C=O) groups is 2. The average Bonchev–Trinajstić information content (AvgIpc) is 3.33. The molecule has 0 amide bonds. The van der Waals surface area contributed by atoms with E-state index in [1.54, 1.807) is 0 Å². The van der Waals surface area contributed by atoms with Crippen molar-refractivity contribution >= 4 is 11.8 Å². The first-order chi connectivity index (χ1) is 11.1. The molecule has 0 aromatic heterocycles. The number of fused-ring (bicyclic) bond motifs is 1. The Balaban J connectivity index is 1.44. The Bertz CT molecular complexity index is 474. The van der Waals surface area contributed by atoms with Crippen LogP contribution in [0.25, 0.3) is 0 Å². The normalized spacial score (nSPS) is 39.2. The zero-order valence-corrected chi connectivity index (χ0v) is 13.5. The van der Waals surface area contributed by atoms with Crippen molar-refractivity contribution in [2.45, 2.75) is 63.3 Å². The minimum atomic E-state index is -0.509. The Labute approximate surface area is 137 Å². The number of allylic oxidation sites excluding steroid dienone is 1. The number of hydrogen-bond acceptors (Lipinski definition) is 5. The molecule has 23 heavy (non-hydrogen) atoms. The van der Waals surface area contributed by atoms with Crippen molar-refractivity contribution in [1.82, 2.24) is 0 Å². The number of ketones is 1. The van der Waals surface area contributed by atoms with Crippen molar-refractivity contribution in [2.24, 2.45) is 17.8 Å². The molecule has 0 aromatic carbocycles. The van der Waals surface area contributed by atoms with Crippen LogP contribution in [0.4, 0.5) is 0 Å². The summed E-state index contributed by atoms with van der Waals surface area (Å²) in [5, 5.41) is 10.0. The van der Waals surface area contributed by atoms with E-state index in [-0.39, 0.29) is 30.0 Å². The van der Waals surface area contributed by atoms with Gasteiger partial charge in [-0.1, -0.05) is 6.58 Å². The number of aliphatic hydroxyl groups is 1. The SMILES string of the molecule is C=CC(=O)CC1CC(C(=O)OCC2CCC3OC3C2)CCC1O. The molecule has 1 heterocycles. The van der Waals surface area contributed by atoms with Gasteiger partial charge in [0.2, 0.25) is 0 Å². The van der Waals surface area contributed by atoms with Gasteiger partial charge in [0.25, 0.3) is 0 Å². The van der Waals surface area contributed by atoms with Gasteiger partial charge in [-0.3, -0.25) is 9.59 Å². The van der Waals surface area contributed by atoms with Crippen molar-refractivity contribution in [3.8, 4) is 0 Å². The van der Waals surface area contributed by atoms with Gasteiger partial charge in [0.1, 0.15) is 0 Å². The van der Waals surface area contributed by atoms with E-state index in [0.29, 0.717) is 44.0 Å². The maximum absolute atomic E-state index is 12.3. The van der Waals surface area contributed by atoms with Crippen LogP contribution in [0.2, 0.25) is 0 Å². The minimum absolute atomic E-state index is 0.0794. The first-order valence-corrected chi connectivity index (χ1v) is 8.72. The van der Waals surface area contributed by atoms with Crippen LogP contribution in [0.15, 0.2) is 12.7 Å². The third kappa shape index (κ3) is 4.21. The number of hydrogen-bond donors (Lipinski definition) is 1. The number of ether oxygens (including phenoxy) is 2. The zero-order valence-electron chi connectivity index (χ0n) is 13.5. The maximum atomic E-state index is 12.3. The quantitative estimate of drug-likeness (QED) is 0.460. The Hall–Kier alpha value is -1.20. The molecule has 3 fully saturated rings. The molecule has 3 aliphatic rings. The van der Waals surface area contributed by atoms with E-state index in [0.717, 1.165) is 19.3 Å². The fraction of sp³-hybridized carbons (Fsp3) is 0.778. The summed E-state index contributed by atoms with van der Waals surface area (Å²) >= 11 is 0. The lowest BCUT2D eigenvalue weighted by molar-refractivity contribution is -0.153. The lowest BCUT2D eigenvalue weighted by atomic mass is 9.77. The summed E-state index contributed by atoms with van der Waals surface area (Å²) in [5.74, 6) is -0.206. The van der Waals surface area contributed by atoms with Gasteiger partial charge in [0.15, 0.2) is 5.78 Å². The predicted molar refractivity (Wildman–Crippen MR) is 83.6 cm³/mol. The van der Waals surface area contributed by atoms with Crippen LogP contribution in [-0.2, 0) is 19.1 Å². The number of rotatable bonds is 6. The van der Waals surface area contributed by atoms with Crippen LogP contribution < -0.4 is 0 Å². The second-order valence-electron chi connectivity index (χ2n) is 7.23. The van der Waals surface area contributed by atoms with Crippen LogP contribution in [-0.4, -0.2) is 41.8 Å². The van der Waals surface area contributed by atoms with E-state index in [9.17, 15) is 14.7 Å². The Morgan fingerprint density at radius 3 is 2.74 bits per heavy atom. The predicted octanol–water partition coefficient (Wildman–Crippen LogP) is 2.02. The van der Waals surface area contributed by atoms with Gasteiger partial charge in [-0.05, 0) is 56.4 Å². The Morgan fingerprint density at radius 2 is 2.00 bits per heavy atom. The lowest BCUT2D eigenvalue weighted by Crippen LogP contribution is -2.35. The molecular formula is C18H26O5. The van der Waals surface area contributed by atoms with Crippen LogP contribution >= 0.6 is 0 Å². The highest BCUT2D eigenvalue weighted by Crippen LogP contribution is 2.39. The van der Waals surface area contributed by atoms with Gasteiger partial charge in [0, 0.05) is 6.42 Å². The first-order valence-electron chi connectivity index (χ1n) is 8.72. The molecule has 1 N–H and O–H groups in total. The third-order valence-electron chi connectivity index (χ3n) is 5.54. The van der Waals surface area contributed by atoms with E-state index >= 15 is 0 Å². The summed E-state index contributed by atoms with van der Waals surface area (Å²) in [6.07, 6.45) is 6.75. The van der Waals surface area contributed by atoms with Crippen LogP contribution in [0.1, 0.15) is 44.9 Å². The van der Waals surface area contributed by atoms with Crippen molar-refractivity contribution in [3.63, 3.8) is 0 Å². The summed E-state index contributed by atoms with van der Waals surface area (Å²) in [5.41, 5.74) is 0. The van der Waals surface area contributed by atoms with Crippen molar-refractivity contribution in [3.05, 3.63) is 12.7 Å². The standard InChI is InChI=1S/C18H26O5/c1-2-14(19)9-13-8-12(4-5-15(13)20)18(21)22-10-11-3-6-16-17(7-11)23-16/h2,11-13,15-17,20H,1,3-10H2. The zero-order chi connectivity index (χ0) is 16.4. The molecule has 0 radical (unpaired) electrons. The fourth-order valence-corrected chi connectivity index (χ4v) is 3.98. The van der Waals surface area contributed by atoms with E-state index in [4.69, 9.17) is 9.47 Å². The summed E-state index contributed by atoms with van der Waals surface area (Å²) in [6.45, 7) is 3.94. The average molecular weight is 322 g/mol. The molecule has 0 aromatic rings. The largest absolute Gasteiger partial charge is 0.465 e. The molecule has 5 nitrogen and oxygen atoms in total. The molecule has 5 heteroatoms. The van der Waals surface area contributed by atoms with Crippen molar-refractivity contribution in [1.29, 1.82) is 0 Å². The second kappa shape index (κ2) is 7.14. The van der Waals surface area contributed by atoms with Gasteiger partial charge in [-0.15, -0.1) is 0 Å². The van der Waals surface area contributed by atoms with Gasteiger partial charge >= 0.3 is 5.97 Å². The second-order valence-corrected chi connectivity index (χ2v) is 7.23. The highest BCUT2D eigenvalue weighted by molar-refractivity contribution is 5.89. The van der Waals surface area contributed by atoms with Gasteiger partial charge in [-0.25, -0.2) is 0 Å². The smallest absolute Gasteiger partial charge is 0.308 e. The maximum Gasteiger partial charge on any atom is 0.308 e. The van der Waals surface area contributed by atoms with Gasteiger partial charge < -0.3 is 14.6 Å². The molecule has 2 aliphatic carbocycles. The molecule has 0 bridgehead atoms. The summed E-state index contributed by atoms with van der Waals surface area (Å²) in [4.78, 5) is 23.8. The summed E-state index contributed by atoms with van der Waals surface area (Å²) in [7, 11) is 0. The van der Waals surface area contributed by atoms with Crippen LogP contribution in [0.5, 0.6) is 0 Å². The van der Waals surface area contributed by atoms with Gasteiger partial charge in [0.05, 0.1) is 30.8 Å². The first kappa shape index (κ1) is 16.7. The molecule has 6 unspecified atom stereocenters. The Morgan fingerprint density at radius 1 is 1.17 bits per heavy atom. The van der Waals surface area contributed by atoms with Crippen LogP contribution in [0.3, 0.4) is 0 Å². The molecule has 3 rings (SSSR count). The monoisotopic (exact) mass is 322 g/mol. The van der Waals surface area contributed by atoms with E-state index in [1.807, 2.05) is 0 Å². The number of carbonyl (C=O) groups excluding carboxylic acids is 2. The molecule has 128 valence electrons. The number of esters is 1. The number of aliphatic hydroxyl groups excluding tert-OH is 1. The summed E-state index contributed by atoms with van der Waals surface area (Å²) < 4.78 is 11.0. The molecule has 1 aliphatic heterocycles. The molecular weight excluding hydrogens is 296 g/mol. The van der Waals surface area contributed by atoms with E-state index in [2.05, 4.69) is 6.58 Å². The molecule has 1 saturated heterocycles. The lowest BCUT2D eigenvalue weighted by Gasteiger charge is -2.32. The third-order valence-corrected chi connectivity index (χ3v) is 5.54. The molecule has 0 spiro atoms. The van der Waals surface area contributed by atoms with E-state index < -0.39 is 6.10 Å². The van der Waals surface area contributed by atoms with Crippen LogP contribution in [0, 0.1) is 17.8 Å². The fourth-order valence-electron chi connectivity index (χ4n) is 3.98. The topological polar surface area (TPSA) is 76.1 Å². The minimum Gasteiger partial charge on any atom is -0.465 e. The van der Waals surface area contributed by atoms with Crippen molar-refractivity contribution < 1.29 is 24.2 Å².